The van der Waals surface area contributed by atoms with Gasteiger partial charge in [0, 0.05) is 31.3 Å². The topological polar surface area (TPSA) is 47.6 Å². The standard InChI is InChI=1S/C18H23NO3/c1-21-17-6-4-13(5-7-17)14-9-15(11-16(20)10-14)19-12-18-3-2-8-22-18/h4-7,11,14,18-19H,2-3,8-10,12H2,1H3/t14-,18+/m1/s1. The van der Waals surface area contributed by atoms with Gasteiger partial charge in [-0.25, -0.2) is 0 Å². The first-order chi connectivity index (χ1) is 10.7. The van der Waals surface area contributed by atoms with Crippen LogP contribution in [-0.4, -0.2) is 32.1 Å². The molecule has 2 aliphatic rings. The monoisotopic (exact) mass is 301 g/mol. The minimum Gasteiger partial charge on any atom is -0.497 e. The van der Waals surface area contributed by atoms with Gasteiger partial charge in [-0.2, -0.15) is 0 Å². The SMILES string of the molecule is COc1ccc([C@H]2CC(=O)C=C(NC[C@@H]3CCCO3)C2)cc1. The molecule has 2 atom stereocenters. The molecule has 0 aromatic heterocycles. The lowest BCUT2D eigenvalue weighted by molar-refractivity contribution is -0.115. The Morgan fingerprint density at radius 2 is 2.09 bits per heavy atom. The highest BCUT2D eigenvalue weighted by atomic mass is 16.5. The van der Waals surface area contributed by atoms with Crippen LogP contribution in [0, 0.1) is 0 Å². The first kappa shape index (κ1) is 15.1. The van der Waals surface area contributed by atoms with E-state index in [2.05, 4.69) is 17.4 Å². The van der Waals surface area contributed by atoms with Crippen LogP contribution >= 0.6 is 0 Å². The summed E-state index contributed by atoms with van der Waals surface area (Å²) in [5.74, 6) is 1.29. The summed E-state index contributed by atoms with van der Waals surface area (Å²) in [6.45, 7) is 1.66. The largest absolute Gasteiger partial charge is 0.497 e. The van der Waals surface area contributed by atoms with E-state index in [0.717, 1.165) is 43.9 Å². The van der Waals surface area contributed by atoms with Crippen molar-refractivity contribution in [3.8, 4) is 5.75 Å². The maximum absolute atomic E-state index is 12.0. The Morgan fingerprint density at radius 3 is 2.77 bits per heavy atom. The van der Waals surface area contributed by atoms with E-state index in [1.807, 2.05) is 12.1 Å². The van der Waals surface area contributed by atoms with Crippen LogP contribution in [0.3, 0.4) is 0 Å². The van der Waals surface area contributed by atoms with E-state index in [0.29, 0.717) is 6.42 Å². The Morgan fingerprint density at radius 1 is 1.27 bits per heavy atom. The lowest BCUT2D eigenvalue weighted by Crippen LogP contribution is -2.29. The van der Waals surface area contributed by atoms with Gasteiger partial charge in [-0.1, -0.05) is 12.1 Å². The highest BCUT2D eigenvalue weighted by molar-refractivity contribution is 5.91. The fraction of sp³-hybridized carbons (Fsp3) is 0.500. The van der Waals surface area contributed by atoms with E-state index >= 15 is 0 Å². The van der Waals surface area contributed by atoms with Gasteiger partial charge < -0.3 is 14.8 Å². The highest BCUT2D eigenvalue weighted by Gasteiger charge is 2.23. The molecule has 1 aliphatic carbocycles. The average Bonchev–Trinajstić information content (AvgIpc) is 3.06. The molecule has 1 aromatic carbocycles. The molecule has 0 spiro atoms. The summed E-state index contributed by atoms with van der Waals surface area (Å²) >= 11 is 0. The number of hydrogen-bond donors (Lipinski definition) is 1. The summed E-state index contributed by atoms with van der Waals surface area (Å²) in [7, 11) is 1.66. The van der Waals surface area contributed by atoms with E-state index in [4.69, 9.17) is 9.47 Å². The lowest BCUT2D eigenvalue weighted by atomic mass is 9.85. The molecule has 1 fully saturated rings. The predicted molar refractivity (Wildman–Crippen MR) is 85.0 cm³/mol. The van der Waals surface area contributed by atoms with Gasteiger partial charge in [0.15, 0.2) is 5.78 Å². The molecular formula is C18H23NO3. The molecule has 118 valence electrons. The Labute approximate surface area is 131 Å². The highest BCUT2D eigenvalue weighted by Crippen LogP contribution is 2.31. The molecule has 0 saturated carbocycles. The number of benzene rings is 1. The zero-order valence-corrected chi connectivity index (χ0v) is 13.0. The number of rotatable bonds is 5. The Kier molecular flexibility index (Phi) is 4.78. The van der Waals surface area contributed by atoms with Crippen molar-refractivity contribution in [2.75, 3.05) is 20.3 Å². The summed E-state index contributed by atoms with van der Waals surface area (Å²) in [5, 5.41) is 3.41. The quantitative estimate of drug-likeness (QED) is 0.908. The van der Waals surface area contributed by atoms with Crippen LogP contribution in [0.2, 0.25) is 0 Å². The zero-order chi connectivity index (χ0) is 15.4. The van der Waals surface area contributed by atoms with Gasteiger partial charge in [0.05, 0.1) is 13.2 Å². The molecule has 0 bridgehead atoms. The number of hydrogen-bond acceptors (Lipinski definition) is 4. The smallest absolute Gasteiger partial charge is 0.158 e. The van der Waals surface area contributed by atoms with Crippen molar-refractivity contribution in [3.63, 3.8) is 0 Å². The number of nitrogens with one attached hydrogen (secondary N) is 1. The average molecular weight is 301 g/mol. The van der Waals surface area contributed by atoms with Gasteiger partial charge in [-0.3, -0.25) is 4.79 Å². The van der Waals surface area contributed by atoms with Crippen molar-refractivity contribution in [2.45, 2.75) is 37.7 Å². The number of methoxy groups -OCH3 is 1. The molecule has 4 nitrogen and oxygen atoms in total. The normalized spacial score (nSPS) is 25.0. The van der Waals surface area contributed by atoms with E-state index in [1.165, 1.54) is 5.56 Å². The van der Waals surface area contributed by atoms with Gasteiger partial charge in [0.25, 0.3) is 0 Å². The molecule has 0 unspecified atom stereocenters. The third kappa shape index (κ3) is 3.69. The zero-order valence-electron chi connectivity index (χ0n) is 13.0. The van der Waals surface area contributed by atoms with Crippen molar-refractivity contribution in [1.82, 2.24) is 5.32 Å². The third-order valence-electron chi connectivity index (χ3n) is 4.42. The van der Waals surface area contributed by atoms with Crippen molar-refractivity contribution in [3.05, 3.63) is 41.6 Å². The first-order valence-corrected chi connectivity index (χ1v) is 7.97. The molecule has 1 saturated heterocycles. The number of carbonyl (C=O) groups excluding carboxylic acids is 1. The number of allylic oxidation sites excluding steroid dienone is 2. The van der Waals surface area contributed by atoms with Crippen LogP contribution in [0.25, 0.3) is 0 Å². The molecule has 1 heterocycles. The summed E-state index contributed by atoms with van der Waals surface area (Å²) in [4.78, 5) is 12.0. The minimum atomic E-state index is 0.196. The maximum Gasteiger partial charge on any atom is 0.158 e. The van der Waals surface area contributed by atoms with E-state index in [1.54, 1.807) is 13.2 Å². The van der Waals surface area contributed by atoms with Crippen molar-refractivity contribution < 1.29 is 14.3 Å². The lowest BCUT2D eigenvalue weighted by Gasteiger charge is -2.24. The molecular weight excluding hydrogens is 278 g/mol. The summed E-state index contributed by atoms with van der Waals surface area (Å²) in [6.07, 6.45) is 5.75. The third-order valence-corrected chi connectivity index (χ3v) is 4.42. The van der Waals surface area contributed by atoms with E-state index < -0.39 is 0 Å². The van der Waals surface area contributed by atoms with Gasteiger partial charge in [-0.15, -0.1) is 0 Å². The first-order valence-electron chi connectivity index (χ1n) is 7.97. The Hall–Kier alpha value is -1.81. The summed E-state index contributed by atoms with van der Waals surface area (Å²) < 4.78 is 10.8. The second-order valence-electron chi connectivity index (χ2n) is 6.03. The van der Waals surface area contributed by atoms with Crippen LogP contribution in [-0.2, 0) is 9.53 Å². The molecule has 1 aliphatic heterocycles. The second-order valence-corrected chi connectivity index (χ2v) is 6.03. The van der Waals surface area contributed by atoms with Crippen molar-refractivity contribution in [2.24, 2.45) is 0 Å². The van der Waals surface area contributed by atoms with Gasteiger partial charge in [0.1, 0.15) is 5.75 Å². The number of carbonyl (C=O) groups is 1. The van der Waals surface area contributed by atoms with Crippen LogP contribution in [0.5, 0.6) is 5.75 Å². The molecule has 0 radical (unpaired) electrons. The van der Waals surface area contributed by atoms with Gasteiger partial charge in [-0.05, 0) is 42.9 Å². The van der Waals surface area contributed by atoms with Crippen LogP contribution < -0.4 is 10.1 Å². The molecule has 3 rings (SSSR count). The van der Waals surface area contributed by atoms with Crippen molar-refractivity contribution >= 4 is 5.78 Å². The Bertz CT molecular complexity index is 544. The molecule has 4 heteroatoms. The van der Waals surface area contributed by atoms with Crippen LogP contribution in [0.15, 0.2) is 36.0 Å². The Balaban J connectivity index is 1.62. The molecule has 1 aromatic rings. The minimum absolute atomic E-state index is 0.196. The van der Waals surface area contributed by atoms with E-state index in [-0.39, 0.29) is 17.8 Å². The molecule has 0 amide bonds. The maximum atomic E-state index is 12.0. The second kappa shape index (κ2) is 6.97. The fourth-order valence-electron chi connectivity index (χ4n) is 3.18. The van der Waals surface area contributed by atoms with Crippen molar-refractivity contribution in [1.29, 1.82) is 0 Å². The number of ether oxygens (including phenoxy) is 2. The summed E-state index contributed by atoms with van der Waals surface area (Å²) in [6, 6.07) is 8.02. The predicted octanol–water partition coefficient (Wildman–Crippen LogP) is 2.79. The summed E-state index contributed by atoms with van der Waals surface area (Å²) in [5.41, 5.74) is 2.23. The van der Waals surface area contributed by atoms with Crippen LogP contribution in [0.4, 0.5) is 0 Å². The molecule has 1 N–H and O–H groups in total. The van der Waals surface area contributed by atoms with E-state index in [9.17, 15) is 4.79 Å². The number of ketones is 1. The van der Waals surface area contributed by atoms with Crippen LogP contribution in [0.1, 0.15) is 37.2 Å². The molecule has 22 heavy (non-hydrogen) atoms. The van der Waals surface area contributed by atoms with Gasteiger partial charge in [0.2, 0.25) is 0 Å². The fourth-order valence-corrected chi connectivity index (χ4v) is 3.18. The van der Waals surface area contributed by atoms with Gasteiger partial charge >= 0.3 is 0 Å².